The van der Waals surface area contributed by atoms with Gasteiger partial charge in [-0.05, 0) is 26.7 Å². The minimum absolute atomic E-state index is 0.0647. The quantitative estimate of drug-likeness (QED) is 0.643. The summed E-state index contributed by atoms with van der Waals surface area (Å²) in [7, 11) is 0. The van der Waals surface area contributed by atoms with Gasteiger partial charge in [0.15, 0.2) is 5.96 Å². The number of halogens is 3. The van der Waals surface area contributed by atoms with E-state index in [1.165, 1.54) is 4.90 Å². The standard InChI is InChI=1S/C16H23F3N6/c1-3-13-12-5-11(6-14(12)24(13)9-16(17,18)19)25-8-10(7-22-25)23-15(20)21-4-2/h3,7-8,11-12,14H,4-6,9H2,1-2H3,(H3,20,21,23)/b13-3+. The number of nitrogens with two attached hydrogens (primary N) is 1. The van der Waals surface area contributed by atoms with Crippen LogP contribution in [0.5, 0.6) is 0 Å². The van der Waals surface area contributed by atoms with Crippen LogP contribution in [-0.4, -0.2) is 45.9 Å². The monoisotopic (exact) mass is 356 g/mol. The highest BCUT2D eigenvalue weighted by Crippen LogP contribution is 2.51. The van der Waals surface area contributed by atoms with Gasteiger partial charge in [-0.15, -0.1) is 0 Å². The highest BCUT2D eigenvalue weighted by Gasteiger charge is 2.52. The average Bonchev–Trinajstić information content (AvgIpc) is 3.10. The summed E-state index contributed by atoms with van der Waals surface area (Å²) in [5, 5.41) is 7.30. The molecule has 3 unspecified atom stereocenters. The molecule has 6 nitrogen and oxygen atoms in total. The number of hydrogen-bond donors (Lipinski definition) is 2. The molecular weight excluding hydrogens is 333 g/mol. The summed E-state index contributed by atoms with van der Waals surface area (Å²) in [5.41, 5.74) is 7.26. The lowest BCUT2D eigenvalue weighted by atomic mass is 9.87. The fraction of sp³-hybridized carbons (Fsp3) is 0.625. The predicted molar refractivity (Wildman–Crippen MR) is 90.1 cm³/mol. The number of nitrogens with one attached hydrogen (secondary N) is 1. The van der Waals surface area contributed by atoms with Crippen LogP contribution in [0.15, 0.2) is 29.2 Å². The van der Waals surface area contributed by atoms with E-state index in [0.717, 1.165) is 17.8 Å². The smallest absolute Gasteiger partial charge is 0.370 e. The Hall–Kier alpha value is -2.19. The van der Waals surface area contributed by atoms with Gasteiger partial charge in [0.25, 0.3) is 0 Å². The first-order chi connectivity index (χ1) is 11.8. The first-order valence-electron chi connectivity index (χ1n) is 8.43. The third-order valence-corrected chi connectivity index (χ3v) is 4.84. The Morgan fingerprint density at radius 1 is 1.48 bits per heavy atom. The summed E-state index contributed by atoms with van der Waals surface area (Å²) in [5.74, 6) is 0.505. The van der Waals surface area contributed by atoms with Gasteiger partial charge in [-0.2, -0.15) is 18.3 Å². The van der Waals surface area contributed by atoms with E-state index in [-0.39, 0.29) is 18.0 Å². The molecule has 2 fully saturated rings. The van der Waals surface area contributed by atoms with Crippen molar-refractivity contribution in [1.82, 2.24) is 14.7 Å². The SMILES string of the molecule is C/C=C1\C2CC(n3cc(NC(N)=NCC)cn3)CC2N1CC(F)(F)F. The first-order valence-corrected chi connectivity index (χ1v) is 8.43. The predicted octanol–water partition coefficient (Wildman–Crippen LogP) is 2.73. The molecule has 0 amide bonds. The van der Waals surface area contributed by atoms with E-state index >= 15 is 0 Å². The molecule has 1 aliphatic carbocycles. The number of aliphatic imine (C=N–C) groups is 1. The Morgan fingerprint density at radius 3 is 2.88 bits per heavy atom. The minimum Gasteiger partial charge on any atom is -0.370 e. The normalized spacial score (nSPS) is 28.2. The summed E-state index contributed by atoms with van der Waals surface area (Å²) < 4.78 is 40.2. The van der Waals surface area contributed by atoms with Crippen molar-refractivity contribution in [2.75, 3.05) is 18.4 Å². The van der Waals surface area contributed by atoms with E-state index in [2.05, 4.69) is 15.4 Å². The number of anilines is 1. The highest BCUT2D eigenvalue weighted by atomic mass is 19.4. The topological polar surface area (TPSA) is 71.5 Å². The van der Waals surface area contributed by atoms with Crippen molar-refractivity contribution in [2.24, 2.45) is 16.6 Å². The summed E-state index contributed by atoms with van der Waals surface area (Å²) in [6, 6.07) is 0.0215. The number of aromatic nitrogens is 2. The molecule has 3 rings (SSSR count). The Kier molecular flexibility index (Phi) is 4.66. The maximum atomic E-state index is 12.8. The highest BCUT2D eigenvalue weighted by molar-refractivity contribution is 5.91. The fourth-order valence-corrected chi connectivity index (χ4v) is 3.93. The second-order valence-electron chi connectivity index (χ2n) is 6.45. The largest absolute Gasteiger partial charge is 0.405 e. The van der Waals surface area contributed by atoms with Crippen LogP contribution in [-0.2, 0) is 0 Å². The summed E-state index contributed by atoms with van der Waals surface area (Å²) in [4.78, 5) is 5.54. The molecule has 9 heteroatoms. The van der Waals surface area contributed by atoms with E-state index in [9.17, 15) is 13.2 Å². The molecular formula is C16H23F3N6. The van der Waals surface area contributed by atoms with Crippen LogP contribution in [0.1, 0.15) is 32.7 Å². The third kappa shape index (κ3) is 3.59. The summed E-state index contributed by atoms with van der Waals surface area (Å²) >= 11 is 0. The molecule has 1 saturated heterocycles. The van der Waals surface area contributed by atoms with Crippen LogP contribution < -0.4 is 11.1 Å². The van der Waals surface area contributed by atoms with Crippen molar-refractivity contribution >= 4 is 11.6 Å². The van der Waals surface area contributed by atoms with E-state index in [1.807, 2.05) is 17.8 Å². The number of fused-ring (bicyclic) bond motifs is 1. The number of hydrogen-bond acceptors (Lipinski definition) is 3. The van der Waals surface area contributed by atoms with Crippen molar-refractivity contribution in [3.63, 3.8) is 0 Å². The molecule has 0 bridgehead atoms. The van der Waals surface area contributed by atoms with Gasteiger partial charge in [-0.25, -0.2) is 0 Å². The number of rotatable bonds is 4. The molecule has 1 aromatic rings. The lowest BCUT2D eigenvalue weighted by Gasteiger charge is -2.49. The van der Waals surface area contributed by atoms with E-state index in [0.29, 0.717) is 18.9 Å². The number of guanidine groups is 1. The summed E-state index contributed by atoms with van der Waals surface area (Å²) in [6.45, 7) is 3.39. The average molecular weight is 356 g/mol. The van der Waals surface area contributed by atoms with Crippen molar-refractivity contribution in [1.29, 1.82) is 0 Å². The Labute approximate surface area is 144 Å². The van der Waals surface area contributed by atoms with Crippen molar-refractivity contribution < 1.29 is 13.2 Å². The maximum absolute atomic E-state index is 12.8. The number of alkyl halides is 3. The van der Waals surface area contributed by atoms with Crippen LogP contribution >= 0.6 is 0 Å². The lowest BCUT2D eigenvalue weighted by molar-refractivity contribution is -0.157. The molecule has 1 saturated carbocycles. The molecule has 1 aliphatic heterocycles. The molecule has 3 atom stereocenters. The van der Waals surface area contributed by atoms with Gasteiger partial charge in [-0.3, -0.25) is 9.67 Å². The van der Waals surface area contributed by atoms with Crippen molar-refractivity contribution in [3.8, 4) is 0 Å². The number of nitrogens with zero attached hydrogens (tertiary/aromatic N) is 4. The second kappa shape index (κ2) is 6.61. The van der Waals surface area contributed by atoms with E-state index < -0.39 is 12.7 Å². The van der Waals surface area contributed by atoms with Gasteiger partial charge in [0, 0.05) is 30.4 Å². The molecule has 138 valence electrons. The Balaban J connectivity index is 1.67. The zero-order valence-corrected chi connectivity index (χ0v) is 14.3. The number of allylic oxidation sites excluding steroid dienone is 1. The Morgan fingerprint density at radius 2 is 2.24 bits per heavy atom. The van der Waals surface area contributed by atoms with Gasteiger partial charge in [0.05, 0.1) is 17.9 Å². The number of likely N-dealkylation sites (tertiary alicyclic amines) is 1. The van der Waals surface area contributed by atoms with E-state index in [4.69, 9.17) is 5.73 Å². The fourth-order valence-electron chi connectivity index (χ4n) is 3.93. The van der Waals surface area contributed by atoms with Crippen LogP contribution in [0.2, 0.25) is 0 Å². The van der Waals surface area contributed by atoms with Crippen LogP contribution in [0, 0.1) is 5.92 Å². The lowest BCUT2D eigenvalue weighted by Crippen LogP contribution is -2.54. The van der Waals surface area contributed by atoms with Gasteiger partial charge in [0.1, 0.15) is 6.54 Å². The second-order valence-corrected chi connectivity index (χ2v) is 6.45. The molecule has 2 aliphatic rings. The zero-order valence-electron chi connectivity index (χ0n) is 14.3. The minimum atomic E-state index is -4.18. The van der Waals surface area contributed by atoms with E-state index in [1.54, 1.807) is 19.2 Å². The Bertz CT molecular complexity index is 678. The first kappa shape index (κ1) is 17.6. The van der Waals surface area contributed by atoms with Gasteiger partial charge >= 0.3 is 6.18 Å². The third-order valence-electron chi connectivity index (χ3n) is 4.84. The van der Waals surface area contributed by atoms with Crippen LogP contribution in [0.3, 0.4) is 0 Å². The maximum Gasteiger partial charge on any atom is 0.405 e. The molecule has 3 N–H and O–H groups in total. The molecule has 1 aromatic heterocycles. The van der Waals surface area contributed by atoms with Crippen molar-refractivity contribution in [2.45, 2.75) is 44.9 Å². The van der Waals surface area contributed by atoms with Gasteiger partial charge in [-0.1, -0.05) is 6.08 Å². The van der Waals surface area contributed by atoms with Gasteiger partial charge in [0.2, 0.25) is 0 Å². The molecule has 0 spiro atoms. The van der Waals surface area contributed by atoms with Gasteiger partial charge < -0.3 is 16.0 Å². The van der Waals surface area contributed by atoms with Crippen LogP contribution in [0.4, 0.5) is 18.9 Å². The molecule has 2 heterocycles. The molecule has 0 aromatic carbocycles. The molecule has 0 radical (unpaired) electrons. The molecule has 25 heavy (non-hydrogen) atoms. The zero-order chi connectivity index (χ0) is 18.2. The summed E-state index contributed by atoms with van der Waals surface area (Å²) in [6.07, 6.45) is 2.57. The van der Waals surface area contributed by atoms with Crippen molar-refractivity contribution in [3.05, 3.63) is 24.2 Å². The van der Waals surface area contributed by atoms with Crippen LogP contribution in [0.25, 0.3) is 0 Å².